The van der Waals surface area contributed by atoms with Crippen molar-refractivity contribution in [3.63, 3.8) is 0 Å². The maximum Gasteiger partial charge on any atom is 0.335 e. The summed E-state index contributed by atoms with van der Waals surface area (Å²) in [4.78, 5) is 11.1. The zero-order valence-corrected chi connectivity index (χ0v) is 13.0. The molecule has 1 aromatic carbocycles. The van der Waals surface area contributed by atoms with Gasteiger partial charge in [0.2, 0.25) is 0 Å². The molecule has 0 atom stereocenters. The number of sulfone groups is 1. The van der Waals surface area contributed by atoms with Crippen LogP contribution in [0.1, 0.15) is 36.2 Å². The highest BCUT2D eigenvalue weighted by Crippen LogP contribution is 2.21. The summed E-state index contributed by atoms with van der Waals surface area (Å²) >= 11 is 0. The lowest BCUT2D eigenvalue weighted by Crippen LogP contribution is -2.26. The number of hydrogen-bond donors (Lipinski definition) is 1. The molecule has 0 unspecified atom stereocenters. The third-order valence-electron chi connectivity index (χ3n) is 3.32. The third-order valence-corrected chi connectivity index (χ3v) is 5.04. The summed E-state index contributed by atoms with van der Waals surface area (Å²) in [5, 5.41) is 9.04. The maximum absolute atomic E-state index is 12.2. The molecular formula is C14H20O5S. The molecule has 1 rings (SSSR count). The van der Waals surface area contributed by atoms with Gasteiger partial charge in [-0.1, -0.05) is 6.07 Å². The first-order chi connectivity index (χ1) is 9.09. The van der Waals surface area contributed by atoms with E-state index in [1.165, 1.54) is 25.3 Å². The number of carboxylic acids is 1. The summed E-state index contributed by atoms with van der Waals surface area (Å²) in [5.41, 5.74) is 0.0127. The van der Waals surface area contributed by atoms with Crippen LogP contribution in [-0.4, -0.2) is 38.0 Å². The molecule has 0 amide bonds. The Morgan fingerprint density at radius 1 is 1.35 bits per heavy atom. The molecule has 0 saturated carbocycles. The normalized spacial score (nSPS) is 12.4. The third kappa shape index (κ3) is 4.05. The van der Waals surface area contributed by atoms with Crippen molar-refractivity contribution in [1.29, 1.82) is 0 Å². The molecule has 0 aliphatic carbocycles. The largest absolute Gasteiger partial charge is 0.478 e. The molecule has 0 bridgehead atoms. The number of carbonyl (C=O) groups is 1. The standard InChI is InChI=1S/C14H20O5S/c1-10-5-6-11(9-12(10)13(15)16)20(17,18)8-7-14(2,3)19-4/h5-6,9H,7-8H2,1-4H3,(H,15,16). The summed E-state index contributed by atoms with van der Waals surface area (Å²) in [5.74, 6) is -1.22. The Morgan fingerprint density at radius 3 is 2.45 bits per heavy atom. The van der Waals surface area contributed by atoms with Gasteiger partial charge in [0.25, 0.3) is 0 Å². The summed E-state index contributed by atoms with van der Waals surface area (Å²) in [6.07, 6.45) is 0.335. The first-order valence-corrected chi connectivity index (χ1v) is 7.86. The molecule has 0 saturated heterocycles. The van der Waals surface area contributed by atoms with E-state index in [-0.39, 0.29) is 16.2 Å². The van der Waals surface area contributed by atoms with E-state index >= 15 is 0 Å². The Balaban J connectivity index is 3.05. The van der Waals surface area contributed by atoms with Gasteiger partial charge in [0.1, 0.15) is 0 Å². The van der Waals surface area contributed by atoms with Crippen molar-refractivity contribution in [2.24, 2.45) is 0 Å². The lowest BCUT2D eigenvalue weighted by atomic mass is 10.1. The molecule has 0 radical (unpaired) electrons. The Morgan fingerprint density at radius 2 is 1.95 bits per heavy atom. The monoisotopic (exact) mass is 300 g/mol. The number of rotatable bonds is 6. The highest BCUT2D eigenvalue weighted by atomic mass is 32.2. The van der Waals surface area contributed by atoms with Crippen molar-refractivity contribution in [2.45, 2.75) is 37.7 Å². The van der Waals surface area contributed by atoms with Crippen LogP contribution in [0.4, 0.5) is 0 Å². The van der Waals surface area contributed by atoms with Gasteiger partial charge in [-0.3, -0.25) is 0 Å². The molecule has 0 spiro atoms. The van der Waals surface area contributed by atoms with Gasteiger partial charge < -0.3 is 9.84 Å². The van der Waals surface area contributed by atoms with E-state index in [4.69, 9.17) is 9.84 Å². The van der Waals surface area contributed by atoms with E-state index in [1.54, 1.807) is 20.8 Å². The van der Waals surface area contributed by atoms with E-state index in [1.807, 2.05) is 0 Å². The number of hydrogen-bond acceptors (Lipinski definition) is 4. The fraction of sp³-hybridized carbons (Fsp3) is 0.500. The van der Waals surface area contributed by atoms with Crippen molar-refractivity contribution in [3.05, 3.63) is 29.3 Å². The second-order valence-electron chi connectivity index (χ2n) is 5.31. The molecule has 0 aliphatic rings. The van der Waals surface area contributed by atoms with Crippen LogP contribution in [0.5, 0.6) is 0 Å². The number of ether oxygens (including phenoxy) is 1. The highest BCUT2D eigenvalue weighted by molar-refractivity contribution is 7.91. The Labute approximate surface area is 119 Å². The Hall–Kier alpha value is -1.40. The van der Waals surface area contributed by atoms with E-state index in [9.17, 15) is 13.2 Å². The van der Waals surface area contributed by atoms with Crippen molar-refractivity contribution in [2.75, 3.05) is 12.9 Å². The average Bonchev–Trinajstić information content (AvgIpc) is 2.36. The molecule has 5 nitrogen and oxygen atoms in total. The summed E-state index contributed by atoms with van der Waals surface area (Å²) in [7, 11) is -1.99. The van der Waals surface area contributed by atoms with Crippen LogP contribution in [0.2, 0.25) is 0 Å². The summed E-state index contributed by atoms with van der Waals surface area (Å²) < 4.78 is 29.7. The molecule has 0 aliphatic heterocycles. The Bertz CT molecular complexity index is 602. The van der Waals surface area contributed by atoms with Gasteiger partial charge in [0.05, 0.1) is 21.8 Å². The minimum atomic E-state index is -3.52. The molecule has 1 aromatic rings. The van der Waals surface area contributed by atoms with Gasteiger partial charge in [-0.15, -0.1) is 0 Å². The number of aromatic carboxylic acids is 1. The second kappa shape index (κ2) is 5.93. The molecule has 0 fully saturated rings. The lowest BCUT2D eigenvalue weighted by molar-refractivity contribution is 0.0203. The van der Waals surface area contributed by atoms with E-state index < -0.39 is 21.4 Å². The zero-order chi connectivity index (χ0) is 15.6. The van der Waals surface area contributed by atoms with Gasteiger partial charge in [0.15, 0.2) is 9.84 Å². The van der Waals surface area contributed by atoms with Gasteiger partial charge in [-0.25, -0.2) is 13.2 Å². The van der Waals surface area contributed by atoms with Crippen molar-refractivity contribution in [1.82, 2.24) is 0 Å². The first kappa shape index (κ1) is 16.7. The topological polar surface area (TPSA) is 80.7 Å². The molecular weight excluding hydrogens is 280 g/mol. The van der Waals surface area contributed by atoms with Crippen molar-refractivity contribution in [3.8, 4) is 0 Å². The number of aryl methyl sites for hydroxylation is 1. The predicted molar refractivity (Wildman–Crippen MR) is 75.9 cm³/mol. The predicted octanol–water partition coefficient (Wildman–Crippen LogP) is 2.28. The van der Waals surface area contributed by atoms with Crippen LogP contribution in [0.15, 0.2) is 23.1 Å². The molecule has 0 heterocycles. The summed E-state index contributed by atoms with van der Waals surface area (Å²) in [6, 6.07) is 4.17. The molecule has 20 heavy (non-hydrogen) atoms. The number of carboxylic acid groups (broad SMARTS) is 1. The van der Waals surface area contributed by atoms with Gasteiger partial charge in [-0.2, -0.15) is 0 Å². The second-order valence-corrected chi connectivity index (χ2v) is 7.42. The smallest absolute Gasteiger partial charge is 0.335 e. The fourth-order valence-electron chi connectivity index (χ4n) is 1.63. The molecule has 112 valence electrons. The van der Waals surface area contributed by atoms with Gasteiger partial charge in [-0.05, 0) is 44.9 Å². The van der Waals surface area contributed by atoms with Crippen LogP contribution >= 0.6 is 0 Å². The quantitative estimate of drug-likeness (QED) is 0.871. The van der Waals surface area contributed by atoms with Crippen LogP contribution in [0.3, 0.4) is 0 Å². The SMILES string of the molecule is COC(C)(C)CCS(=O)(=O)c1ccc(C)c(C(=O)O)c1. The van der Waals surface area contributed by atoms with Crippen LogP contribution < -0.4 is 0 Å². The number of benzene rings is 1. The fourth-order valence-corrected chi connectivity index (χ4v) is 3.19. The van der Waals surface area contributed by atoms with Crippen LogP contribution in [-0.2, 0) is 14.6 Å². The van der Waals surface area contributed by atoms with Crippen molar-refractivity contribution < 1.29 is 23.1 Å². The number of methoxy groups -OCH3 is 1. The molecule has 0 aromatic heterocycles. The van der Waals surface area contributed by atoms with Gasteiger partial charge in [0, 0.05) is 7.11 Å². The zero-order valence-electron chi connectivity index (χ0n) is 12.1. The average molecular weight is 300 g/mol. The maximum atomic E-state index is 12.2. The minimum Gasteiger partial charge on any atom is -0.478 e. The molecule has 1 N–H and O–H groups in total. The minimum absolute atomic E-state index is 0.0112. The first-order valence-electron chi connectivity index (χ1n) is 6.21. The summed E-state index contributed by atoms with van der Waals surface area (Å²) in [6.45, 7) is 5.24. The van der Waals surface area contributed by atoms with Gasteiger partial charge >= 0.3 is 5.97 Å². The highest BCUT2D eigenvalue weighted by Gasteiger charge is 2.23. The Kier molecular flexibility index (Phi) is 4.94. The van der Waals surface area contributed by atoms with E-state index in [0.717, 1.165) is 0 Å². The lowest BCUT2D eigenvalue weighted by Gasteiger charge is -2.22. The van der Waals surface area contributed by atoms with Crippen LogP contribution in [0, 0.1) is 6.92 Å². The van der Waals surface area contributed by atoms with Crippen molar-refractivity contribution >= 4 is 15.8 Å². The van der Waals surface area contributed by atoms with E-state index in [2.05, 4.69) is 0 Å². The molecule has 6 heteroatoms. The van der Waals surface area contributed by atoms with E-state index in [0.29, 0.717) is 12.0 Å². The van der Waals surface area contributed by atoms with Crippen LogP contribution in [0.25, 0.3) is 0 Å².